The molecule has 1 N–H and O–H groups in total. The molecule has 1 aromatic rings. The highest BCUT2D eigenvalue weighted by atomic mass is 19.1. The Kier molecular flexibility index (Phi) is 4.04. The maximum Gasteiger partial charge on any atom is 0.308 e. The third kappa shape index (κ3) is 2.82. The Bertz CT molecular complexity index is 290. The van der Waals surface area contributed by atoms with E-state index in [0.717, 1.165) is 12.1 Å². The highest BCUT2D eigenvalue weighted by Crippen LogP contribution is 2.12. The summed E-state index contributed by atoms with van der Waals surface area (Å²) in [5, 5.41) is 8.28. The van der Waals surface area contributed by atoms with E-state index < -0.39 is 29.6 Å². The quantitative estimate of drug-likeness (QED) is 0.772. The van der Waals surface area contributed by atoms with Crippen molar-refractivity contribution >= 4 is 5.97 Å². The molecule has 0 saturated heterocycles. The largest absolute Gasteiger partial charge is 0.481 e. The van der Waals surface area contributed by atoms with Gasteiger partial charge in [0.2, 0.25) is 0 Å². The SMILES string of the molecule is C.O=C(O)Cc1c(F)cccc1F. The summed E-state index contributed by atoms with van der Waals surface area (Å²) in [5.41, 5.74) is -0.398. The van der Waals surface area contributed by atoms with E-state index in [1.165, 1.54) is 6.07 Å². The number of halogens is 2. The summed E-state index contributed by atoms with van der Waals surface area (Å²) in [6.45, 7) is 0. The van der Waals surface area contributed by atoms with E-state index in [0.29, 0.717) is 0 Å². The van der Waals surface area contributed by atoms with Crippen LogP contribution in [0.15, 0.2) is 18.2 Å². The van der Waals surface area contributed by atoms with Gasteiger partial charge >= 0.3 is 5.97 Å². The van der Waals surface area contributed by atoms with Crippen molar-refractivity contribution in [2.45, 2.75) is 13.8 Å². The van der Waals surface area contributed by atoms with Crippen molar-refractivity contribution in [1.82, 2.24) is 0 Å². The van der Waals surface area contributed by atoms with Crippen LogP contribution in [0.25, 0.3) is 0 Å². The first-order valence-corrected chi connectivity index (χ1v) is 3.26. The van der Waals surface area contributed by atoms with Crippen LogP contribution < -0.4 is 0 Å². The first-order valence-electron chi connectivity index (χ1n) is 3.26. The minimum atomic E-state index is -1.25. The minimum Gasteiger partial charge on any atom is -0.481 e. The number of carboxylic acid groups (broad SMARTS) is 1. The molecule has 1 aromatic carbocycles. The number of aliphatic carboxylic acids is 1. The van der Waals surface area contributed by atoms with Gasteiger partial charge in [0.05, 0.1) is 6.42 Å². The molecule has 0 saturated carbocycles. The number of hydrogen-bond donors (Lipinski definition) is 1. The predicted molar refractivity (Wildman–Crippen MR) is 44.4 cm³/mol. The van der Waals surface area contributed by atoms with Crippen molar-refractivity contribution in [3.8, 4) is 0 Å². The van der Waals surface area contributed by atoms with Crippen molar-refractivity contribution in [3.63, 3.8) is 0 Å². The van der Waals surface area contributed by atoms with Crippen LogP contribution in [-0.4, -0.2) is 11.1 Å². The lowest BCUT2D eigenvalue weighted by Gasteiger charge is -1.99. The first kappa shape index (κ1) is 11.6. The van der Waals surface area contributed by atoms with Crippen LogP contribution in [0.4, 0.5) is 8.78 Å². The van der Waals surface area contributed by atoms with Crippen LogP contribution in [0.3, 0.4) is 0 Å². The van der Waals surface area contributed by atoms with E-state index in [4.69, 9.17) is 5.11 Å². The molecule has 13 heavy (non-hydrogen) atoms. The molecule has 4 heteroatoms. The monoisotopic (exact) mass is 188 g/mol. The molecule has 0 bridgehead atoms. The lowest BCUT2D eigenvalue weighted by Crippen LogP contribution is -2.04. The van der Waals surface area contributed by atoms with Crippen LogP contribution in [0.2, 0.25) is 0 Å². The molecular weight excluding hydrogens is 178 g/mol. The molecule has 0 aliphatic heterocycles. The molecule has 0 unspecified atom stereocenters. The van der Waals surface area contributed by atoms with Gasteiger partial charge < -0.3 is 5.11 Å². The highest BCUT2D eigenvalue weighted by molar-refractivity contribution is 5.70. The van der Waals surface area contributed by atoms with E-state index in [1.54, 1.807) is 0 Å². The van der Waals surface area contributed by atoms with E-state index >= 15 is 0 Å². The fourth-order valence-corrected chi connectivity index (χ4v) is 0.852. The zero-order valence-electron chi connectivity index (χ0n) is 6.05. The Hall–Kier alpha value is -1.45. The topological polar surface area (TPSA) is 37.3 Å². The molecule has 72 valence electrons. The van der Waals surface area contributed by atoms with Crippen molar-refractivity contribution in [2.75, 3.05) is 0 Å². The second kappa shape index (κ2) is 4.54. The summed E-state index contributed by atoms with van der Waals surface area (Å²) in [4.78, 5) is 10.1. The van der Waals surface area contributed by atoms with Crippen LogP contribution in [0, 0.1) is 11.6 Å². The van der Waals surface area contributed by atoms with Gasteiger partial charge in [-0.3, -0.25) is 4.79 Å². The van der Waals surface area contributed by atoms with Crippen LogP contribution in [0.1, 0.15) is 13.0 Å². The third-order valence-electron chi connectivity index (χ3n) is 1.39. The Morgan fingerprint density at radius 1 is 1.31 bits per heavy atom. The van der Waals surface area contributed by atoms with Gasteiger partial charge in [0.25, 0.3) is 0 Å². The number of rotatable bonds is 2. The smallest absolute Gasteiger partial charge is 0.308 e. The van der Waals surface area contributed by atoms with Gasteiger partial charge in [0.1, 0.15) is 11.6 Å². The number of carbonyl (C=O) groups is 1. The lowest BCUT2D eigenvalue weighted by molar-refractivity contribution is -0.136. The molecule has 0 aromatic heterocycles. The summed E-state index contributed by atoms with van der Waals surface area (Å²) in [6, 6.07) is 3.25. The van der Waals surface area contributed by atoms with E-state index in [9.17, 15) is 13.6 Å². The van der Waals surface area contributed by atoms with Gasteiger partial charge in [-0.15, -0.1) is 0 Å². The maximum absolute atomic E-state index is 12.7. The van der Waals surface area contributed by atoms with Gasteiger partial charge in [0.15, 0.2) is 0 Å². The van der Waals surface area contributed by atoms with Gasteiger partial charge in [0, 0.05) is 5.56 Å². The molecule has 0 fully saturated rings. The zero-order chi connectivity index (χ0) is 9.14. The van der Waals surface area contributed by atoms with Crippen LogP contribution in [0.5, 0.6) is 0 Å². The van der Waals surface area contributed by atoms with Gasteiger partial charge in [-0.2, -0.15) is 0 Å². The summed E-state index contributed by atoms with van der Waals surface area (Å²) in [6.07, 6.45) is -0.626. The highest BCUT2D eigenvalue weighted by Gasteiger charge is 2.11. The van der Waals surface area contributed by atoms with Gasteiger partial charge in [-0.1, -0.05) is 13.5 Å². The predicted octanol–water partition coefficient (Wildman–Crippen LogP) is 2.23. The summed E-state index contributed by atoms with van der Waals surface area (Å²) >= 11 is 0. The molecule has 0 heterocycles. The Morgan fingerprint density at radius 3 is 2.15 bits per heavy atom. The average Bonchev–Trinajstić information content (AvgIpc) is 1.97. The van der Waals surface area contributed by atoms with Crippen molar-refractivity contribution in [2.24, 2.45) is 0 Å². The number of hydrogen-bond acceptors (Lipinski definition) is 1. The van der Waals surface area contributed by atoms with E-state index in [1.807, 2.05) is 0 Å². The van der Waals surface area contributed by atoms with Gasteiger partial charge in [-0.05, 0) is 12.1 Å². The fourth-order valence-electron chi connectivity index (χ4n) is 0.852. The normalized spacial score (nSPS) is 9.08. The van der Waals surface area contributed by atoms with Crippen molar-refractivity contribution in [1.29, 1.82) is 0 Å². The molecule has 0 spiro atoms. The van der Waals surface area contributed by atoms with Crippen LogP contribution in [-0.2, 0) is 11.2 Å². The molecule has 0 amide bonds. The van der Waals surface area contributed by atoms with Crippen molar-refractivity contribution < 1.29 is 18.7 Å². The summed E-state index contributed by atoms with van der Waals surface area (Å²) in [7, 11) is 0. The lowest BCUT2D eigenvalue weighted by atomic mass is 10.1. The Morgan fingerprint density at radius 2 is 1.77 bits per heavy atom. The van der Waals surface area contributed by atoms with Gasteiger partial charge in [-0.25, -0.2) is 8.78 Å². The molecular formula is C9H10F2O2. The third-order valence-corrected chi connectivity index (χ3v) is 1.39. The number of benzene rings is 1. The molecule has 0 aliphatic rings. The second-order valence-corrected chi connectivity index (χ2v) is 2.27. The fraction of sp³-hybridized carbons (Fsp3) is 0.222. The van der Waals surface area contributed by atoms with Crippen molar-refractivity contribution in [3.05, 3.63) is 35.4 Å². The minimum absolute atomic E-state index is 0. The first-order chi connectivity index (χ1) is 5.61. The summed E-state index contributed by atoms with van der Waals surface area (Å²) < 4.78 is 25.4. The standard InChI is InChI=1S/C8H6F2O2.CH4/c9-6-2-1-3-7(10)5(6)4-8(11)12;/h1-3H,4H2,(H,11,12);1H4. The molecule has 1 rings (SSSR count). The molecule has 2 nitrogen and oxygen atoms in total. The Balaban J connectivity index is 0.00000144. The number of carboxylic acids is 1. The molecule has 0 radical (unpaired) electrons. The average molecular weight is 188 g/mol. The Labute approximate surface area is 74.8 Å². The molecule has 0 aliphatic carbocycles. The maximum atomic E-state index is 12.7. The molecule has 0 atom stereocenters. The zero-order valence-corrected chi connectivity index (χ0v) is 6.05. The second-order valence-electron chi connectivity index (χ2n) is 2.27. The van der Waals surface area contributed by atoms with E-state index in [2.05, 4.69) is 0 Å². The van der Waals surface area contributed by atoms with E-state index in [-0.39, 0.29) is 7.43 Å². The van der Waals surface area contributed by atoms with Crippen LogP contribution >= 0.6 is 0 Å². The summed E-state index contributed by atoms with van der Waals surface area (Å²) in [5.74, 6) is -2.89.